The van der Waals surface area contributed by atoms with E-state index < -0.39 is 46.0 Å². The minimum absolute atomic E-state index is 0.0227. The quantitative estimate of drug-likeness (QED) is 0.350. The van der Waals surface area contributed by atoms with Crippen LogP contribution in [0.1, 0.15) is 65.0 Å². The SMILES string of the molecule is CC(C)(C)OC(=O)[C@@H]1CC[C@@](CC#N)(n2nc(Nc3ccc4c(c3)CC(C)(C)C4(O)C(F)(F)F)c3c(=O)[nH]ccc32)CO1. The highest BCUT2D eigenvalue weighted by molar-refractivity contribution is 5.91. The van der Waals surface area contributed by atoms with Crippen molar-refractivity contribution in [2.45, 2.75) is 89.3 Å². The van der Waals surface area contributed by atoms with Crippen molar-refractivity contribution in [3.63, 3.8) is 0 Å². The first kappa shape index (κ1) is 30.6. The standard InChI is InChI=1S/C30H34F3N5O5/c1-26(2,3)43-25(40)21-8-10-28(11-12-34,16-42-21)38-20-9-13-35-24(39)22(20)23(37-38)36-18-6-7-19-17(14-18)15-27(4,5)29(19,41)30(31,32)33/h6-7,9,13-14,21,41H,8,10-11,15-16H2,1-5H3,(H,35,39)(H,36,37)/t21-,28-,29?/m0/s1. The first-order chi connectivity index (χ1) is 19.9. The number of hydrogen-bond donors (Lipinski definition) is 3. The molecule has 1 aliphatic carbocycles. The monoisotopic (exact) mass is 601 g/mol. The zero-order valence-corrected chi connectivity index (χ0v) is 24.6. The molecular formula is C30H34F3N5O5. The molecule has 3 N–H and O–H groups in total. The molecule has 5 rings (SSSR count). The number of nitrogens with one attached hydrogen (secondary N) is 2. The van der Waals surface area contributed by atoms with Crippen molar-refractivity contribution < 1.29 is 32.5 Å². The number of carbonyl (C=O) groups is 1. The lowest BCUT2D eigenvalue weighted by Crippen LogP contribution is -2.50. The Morgan fingerprint density at radius 2 is 2.02 bits per heavy atom. The van der Waals surface area contributed by atoms with Gasteiger partial charge in [0.15, 0.2) is 17.5 Å². The molecule has 1 unspecified atom stereocenters. The number of alkyl halides is 3. The van der Waals surface area contributed by atoms with Crippen molar-refractivity contribution in [1.29, 1.82) is 5.26 Å². The molecule has 1 saturated heterocycles. The number of benzene rings is 1. The number of pyridine rings is 1. The predicted molar refractivity (Wildman–Crippen MR) is 151 cm³/mol. The van der Waals surface area contributed by atoms with Gasteiger partial charge in [-0.05, 0) is 69.4 Å². The molecule has 1 aliphatic heterocycles. The average molecular weight is 602 g/mol. The van der Waals surface area contributed by atoms with Gasteiger partial charge in [0.1, 0.15) is 11.0 Å². The molecule has 2 aliphatic rings. The number of esters is 1. The van der Waals surface area contributed by atoms with Gasteiger partial charge < -0.3 is 24.9 Å². The van der Waals surface area contributed by atoms with E-state index in [1.807, 2.05) is 0 Å². The Morgan fingerprint density at radius 1 is 1.30 bits per heavy atom. The minimum atomic E-state index is -4.88. The second kappa shape index (κ2) is 10.1. The first-order valence-electron chi connectivity index (χ1n) is 13.9. The van der Waals surface area contributed by atoms with Crippen LogP contribution in [0.5, 0.6) is 0 Å². The molecule has 43 heavy (non-hydrogen) atoms. The van der Waals surface area contributed by atoms with Gasteiger partial charge in [-0.25, -0.2) is 4.79 Å². The Bertz CT molecular complexity index is 1670. The molecule has 3 atom stereocenters. The third-order valence-corrected chi connectivity index (χ3v) is 8.34. The summed E-state index contributed by atoms with van der Waals surface area (Å²) in [6.07, 6.45) is -3.70. The lowest BCUT2D eigenvalue weighted by Gasteiger charge is -2.39. The summed E-state index contributed by atoms with van der Waals surface area (Å²) in [6.45, 7) is 7.97. The van der Waals surface area contributed by atoms with E-state index in [2.05, 4.69) is 21.5 Å². The van der Waals surface area contributed by atoms with E-state index in [9.17, 15) is 33.1 Å². The lowest BCUT2D eigenvalue weighted by atomic mass is 9.75. The molecule has 0 spiro atoms. The van der Waals surface area contributed by atoms with Gasteiger partial charge >= 0.3 is 12.1 Å². The highest BCUT2D eigenvalue weighted by Crippen LogP contribution is 2.58. The van der Waals surface area contributed by atoms with Crippen LogP contribution in [0.3, 0.4) is 0 Å². The van der Waals surface area contributed by atoms with Crippen LogP contribution in [0.2, 0.25) is 0 Å². The van der Waals surface area contributed by atoms with E-state index in [0.717, 1.165) is 0 Å². The van der Waals surface area contributed by atoms with Crippen LogP contribution in [0.25, 0.3) is 10.9 Å². The van der Waals surface area contributed by atoms with Gasteiger partial charge in [-0.3, -0.25) is 9.48 Å². The second-order valence-electron chi connectivity index (χ2n) is 13.0. The summed E-state index contributed by atoms with van der Waals surface area (Å²) in [5.74, 6) is -0.369. The fraction of sp³-hybridized carbons (Fsp3) is 0.533. The fourth-order valence-electron chi connectivity index (χ4n) is 6.23. The summed E-state index contributed by atoms with van der Waals surface area (Å²) in [5.41, 5.74) is -5.79. The maximum absolute atomic E-state index is 14.0. The molecule has 3 aromatic rings. The van der Waals surface area contributed by atoms with E-state index >= 15 is 0 Å². The fourth-order valence-corrected chi connectivity index (χ4v) is 6.23. The molecule has 3 heterocycles. The van der Waals surface area contributed by atoms with E-state index in [1.54, 1.807) is 31.5 Å². The van der Waals surface area contributed by atoms with Crippen molar-refractivity contribution in [2.24, 2.45) is 5.41 Å². The number of hydrogen-bond acceptors (Lipinski definition) is 8. The van der Waals surface area contributed by atoms with Gasteiger partial charge in [-0.15, -0.1) is 0 Å². The summed E-state index contributed by atoms with van der Waals surface area (Å²) >= 11 is 0. The summed E-state index contributed by atoms with van der Waals surface area (Å²) in [6, 6.07) is 7.98. The van der Waals surface area contributed by atoms with Crippen LogP contribution in [-0.2, 0) is 31.8 Å². The van der Waals surface area contributed by atoms with Gasteiger partial charge in [-0.2, -0.15) is 23.5 Å². The van der Waals surface area contributed by atoms with Crippen molar-refractivity contribution in [2.75, 3.05) is 11.9 Å². The molecule has 1 fully saturated rings. The molecular weight excluding hydrogens is 567 g/mol. The van der Waals surface area contributed by atoms with Crippen LogP contribution >= 0.6 is 0 Å². The topological polar surface area (TPSA) is 142 Å². The van der Waals surface area contributed by atoms with Gasteiger partial charge in [0, 0.05) is 17.3 Å². The highest BCUT2D eigenvalue weighted by Gasteiger charge is 2.66. The molecule has 13 heteroatoms. The van der Waals surface area contributed by atoms with Gasteiger partial charge in [0.05, 0.1) is 30.2 Å². The van der Waals surface area contributed by atoms with Crippen LogP contribution in [-0.4, -0.2) is 50.3 Å². The summed E-state index contributed by atoms with van der Waals surface area (Å²) in [4.78, 5) is 28.3. The zero-order valence-electron chi connectivity index (χ0n) is 24.6. The number of fused-ring (bicyclic) bond motifs is 2. The van der Waals surface area contributed by atoms with E-state index in [-0.39, 0.29) is 42.6 Å². The van der Waals surface area contributed by atoms with Crippen LogP contribution in [0.15, 0.2) is 35.3 Å². The molecule has 230 valence electrons. The number of ether oxygens (including phenoxy) is 2. The van der Waals surface area contributed by atoms with Gasteiger partial charge in [-0.1, -0.05) is 19.9 Å². The molecule has 0 bridgehead atoms. The Balaban J connectivity index is 1.51. The molecule has 0 amide bonds. The van der Waals surface area contributed by atoms with Gasteiger partial charge in [0.25, 0.3) is 5.56 Å². The first-order valence-corrected chi connectivity index (χ1v) is 13.9. The van der Waals surface area contributed by atoms with Crippen LogP contribution in [0.4, 0.5) is 24.7 Å². The summed E-state index contributed by atoms with van der Waals surface area (Å²) in [5, 5.41) is 28.5. The summed E-state index contributed by atoms with van der Waals surface area (Å²) in [7, 11) is 0. The summed E-state index contributed by atoms with van der Waals surface area (Å²) < 4.78 is 55.0. The third-order valence-electron chi connectivity index (χ3n) is 8.34. The molecule has 2 aromatic heterocycles. The van der Waals surface area contributed by atoms with Crippen LogP contribution in [0, 0.1) is 16.7 Å². The number of halogens is 3. The predicted octanol–water partition coefficient (Wildman–Crippen LogP) is 4.93. The number of carbonyl (C=O) groups excluding carboxylic acids is 1. The minimum Gasteiger partial charge on any atom is -0.458 e. The zero-order chi connectivity index (χ0) is 31.6. The number of nitrogens with zero attached hydrogens (tertiary/aromatic N) is 3. The Hall–Kier alpha value is -3.89. The Morgan fingerprint density at radius 3 is 2.63 bits per heavy atom. The number of aromatic amines is 1. The average Bonchev–Trinajstić information content (AvgIpc) is 3.36. The maximum Gasteiger partial charge on any atom is 0.421 e. The van der Waals surface area contributed by atoms with Gasteiger partial charge in [0.2, 0.25) is 0 Å². The Kier molecular flexibility index (Phi) is 7.17. The normalized spacial score (nSPS) is 25.3. The van der Waals surface area contributed by atoms with Crippen molar-refractivity contribution in [3.05, 3.63) is 51.9 Å². The number of rotatable bonds is 5. The molecule has 0 saturated carbocycles. The molecule has 1 aromatic carbocycles. The third kappa shape index (κ3) is 5.06. The van der Waals surface area contributed by atoms with E-state index in [4.69, 9.17) is 9.47 Å². The highest BCUT2D eigenvalue weighted by atomic mass is 19.4. The lowest BCUT2D eigenvalue weighted by molar-refractivity contribution is -0.299. The number of nitriles is 1. The number of aliphatic hydroxyl groups is 1. The molecule has 10 nitrogen and oxygen atoms in total. The van der Waals surface area contributed by atoms with Crippen molar-refractivity contribution in [3.8, 4) is 6.07 Å². The van der Waals surface area contributed by atoms with Crippen molar-refractivity contribution in [1.82, 2.24) is 14.8 Å². The second-order valence-corrected chi connectivity index (χ2v) is 13.0. The smallest absolute Gasteiger partial charge is 0.421 e. The number of anilines is 2. The van der Waals surface area contributed by atoms with E-state index in [1.165, 1.54) is 38.2 Å². The molecule has 0 radical (unpaired) electrons. The van der Waals surface area contributed by atoms with Crippen LogP contribution < -0.4 is 10.9 Å². The van der Waals surface area contributed by atoms with Crippen molar-refractivity contribution >= 4 is 28.4 Å². The number of aromatic nitrogens is 3. The maximum atomic E-state index is 14.0. The number of H-pyrrole nitrogens is 1. The Labute approximate surface area is 245 Å². The largest absolute Gasteiger partial charge is 0.458 e. The van der Waals surface area contributed by atoms with E-state index in [0.29, 0.717) is 23.2 Å².